The quantitative estimate of drug-likeness (QED) is 0.517. The highest BCUT2D eigenvalue weighted by Crippen LogP contribution is 2.28. The van der Waals surface area contributed by atoms with Crippen molar-refractivity contribution in [2.45, 2.75) is 19.8 Å². The zero-order valence-corrected chi connectivity index (χ0v) is 19.6. The van der Waals surface area contributed by atoms with E-state index in [1.807, 2.05) is 41.8 Å². The molecule has 1 saturated heterocycles. The number of ether oxygens (including phenoxy) is 1. The van der Waals surface area contributed by atoms with Crippen LogP contribution in [0.3, 0.4) is 0 Å². The maximum atomic E-state index is 13.4. The first-order valence-electron chi connectivity index (χ1n) is 11.1. The van der Waals surface area contributed by atoms with Crippen molar-refractivity contribution in [3.63, 3.8) is 0 Å². The predicted molar refractivity (Wildman–Crippen MR) is 128 cm³/mol. The smallest absolute Gasteiger partial charge is 0.310 e. The number of hydrogen-bond acceptors (Lipinski definition) is 6. The number of aromatic nitrogens is 1. The molecule has 3 aromatic rings. The van der Waals surface area contributed by atoms with Crippen molar-refractivity contribution in [2.75, 3.05) is 33.3 Å². The van der Waals surface area contributed by atoms with Crippen LogP contribution < -0.4 is 0 Å². The minimum Gasteiger partial charge on any atom is -0.466 e. The van der Waals surface area contributed by atoms with E-state index in [2.05, 4.69) is 0 Å². The Hall–Kier alpha value is -3.26. The van der Waals surface area contributed by atoms with Crippen molar-refractivity contribution in [3.8, 4) is 10.6 Å². The standard InChI is InChI=1S/C25H27N3O4S/c1-3-32-25(31)17-8-6-12-28(15-17)23(29)16-27(2)24(30)19-14-21(22-11-7-13-33-22)26-20-10-5-4-9-18(19)20/h4-5,7,9-11,13-14,17H,3,6,8,12,15-16H2,1-2H3. The van der Waals surface area contributed by atoms with Gasteiger partial charge in [-0.25, -0.2) is 4.98 Å². The molecular weight excluding hydrogens is 438 g/mol. The molecule has 1 fully saturated rings. The second-order valence-electron chi connectivity index (χ2n) is 8.14. The molecule has 2 amide bonds. The van der Waals surface area contributed by atoms with E-state index >= 15 is 0 Å². The van der Waals surface area contributed by atoms with Crippen LogP contribution in [0.25, 0.3) is 21.5 Å². The highest BCUT2D eigenvalue weighted by molar-refractivity contribution is 7.13. The van der Waals surface area contributed by atoms with Gasteiger partial charge in [0.2, 0.25) is 5.91 Å². The van der Waals surface area contributed by atoms with Gasteiger partial charge in [-0.15, -0.1) is 11.3 Å². The molecule has 0 aliphatic carbocycles. The van der Waals surface area contributed by atoms with E-state index in [1.54, 1.807) is 36.3 Å². The average Bonchev–Trinajstić information content (AvgIpc) is 3.38. The van der Waals surface area contributed by atoms with Gasteiger partial charge in [-0.1, -0.05) is 24.3 Å². The van der Waals surface area contributed by atoms with Gasteiger partial charge < -0.3 is 14.5 Å². The summed E-state index contributed by atoms with van der Waals surface area (Å²) >= 11 is 1.56. The summed E-state index contributed by atoms with van der Waals surface area (Å²) in [5, 5.41) is 2.73. The number of fused-ring (bicyclic) bond motifs is 1. The van der Waals surface area contributed by atoms with Crippen LogP contribution in [-0.4, -0.2) is 65.9 Å². The molecule has 1 atom stereocenters. The Balaban J connectivity index is 1.52. The fourth-order valence-electron chi connectivity index (χ4n) is 4.14. The maximum absolute atomic E-state index is 13.4. The number of piperidine rings is 1. The third kappa shape index (κ3) is 5.06. The Kier molecular flexibility index (Phi) is 7.03. The van der Waals surface area contributed by atoms with E-state index in [9.17, 15) is 14.4 Å². The predicted octanol–water partition coefficient (Wildman–Crippen LogP) is 3.84. The van der Waals surface area contributed by atoms with E-state index in [1.165, 1.54) is 4.90 Å². The summed E-state index contributed by atoms with van der Waals surface area (Å²) in [6, 6.07) is 13.3. The third-order valence-electron chi connectivity index (χ3n) is 5.83. The maximum Gasteiger partial charge on any atom is 0.310 e. The molecule has 1 aliphatic heterocycles. The third-order valence-corrected chi connectivity index (χ3v) is 6.73. The zero-order chi connectivity index (χ0) is 23.4. The Morgan fingerprint density at radius 1 is 1.21 bits per heavy atom. The number of thiophene rings is 1. The summed E-state index contributed by atoms with van der Waals surface area (Å²) in [6.45, 7) is 2.96. The fraction of sp³-hybridized carbons (Fsp3) is 0.360. The number of hydrogen-bond donors (Lipinski definition) is 0. The van der Waals surface area contributed by atoms with Crippen LogP contribution in [-0.2, 0) is 14.3 Å². The molecule has 4 rings (SSSR count). The van der Waals surface area contributed by atoms with Gasteiger partial charge in [0.15, 0.2) is 0 Å². The number of nitrogens with zero attached hydrogens (tertiary/aromatic N) is 3. The molecule has 7 nitrogen and oxygen atoms in total. The average molecular weight is 466 g/mol. The van der Waals surface area contributed by atoms with Gasteiger partial charge in [-0.3, -0.25) is 14.4 Å². The second-order valence-corrected chi connectivity index (χ2v) is 9.09. The lowest BCUT2D eigenvalue weighted by Gasteiger charge is -2.32. The highest BCUT2D eigenvalue weighted by atomic mass is 32.1. The van der Waals surface area contributed by atoms with Gasteiger partial charge in [0, 0.05) is 25.5 Å². The van der Waals surface area contributed by atoms with Gasteiger partial charge >= 0.3 is 5.97 Å². The van der Waals surface area contributed by atoms with Crippen LogP contribution in [0, 0.1) is 5.92 Å². The van der Waals surface area contributed by atoms with Crippen LogP contribution in [0.1, 0.15) is 30.1 Å². The molecule has 0 bridgehead atoms. The van der Waals surface area contributed by atoms with Gasteiger partial charge in [0.05, 0.1) is 40.7 Å². The molecule has 8 heteroatoms. The summed E-state index contributed by atoms with van der Waals surface area (Å²) in [5.74, 6) is -0.972. The van der Waals surface area contributed by atoms with Crippen LogP contribution in [0.2, 0.25) is 0 Å². The van der Waals surface area contributed by atoms with Gasteiger partial charge in [0.25, 0.3) is 5.91 Å². The van der Waals surface area contributed by atoms with Gasteiger partial charge in [-0.2, -0.15) is 0 Å². The zero-order valence-electron chi connectivity index (χ0n) is 18.8. The first kappa shape index (κ1) is 22.9. The second kappa shape index (κ2) is 10.1. The van der Waals surface area contributed by atoms with Gasteiger partial charge in [0.1, 0.15) is 0 Å². The molecule has 2 aromatic heterocycles. The van der Waals surface area contributed by atoms with Crippen molar-refractivity contribution >= 4 is 40.0 Å². The van der Waals surface area contributed by atoms with Crippen LogP contribution in [0.15, 0.2) is 47.8 Å². The number of amides is 2. The topological polar surface area (TPSA) is 79.8 Å². The van der Waals surface area contributed by atoms with E-state index in [4.69, 9.17) is 9.72 Å². The van der Waals surface area contributed by atoms with Crippen LogP contribution in [0.5, 0.6) is 0 Å². The summed E-state index contributed by atoms with van der Waals surface area (Å²) in [5.41, 5.74) is 1.99. The number of para-hydroxylation sites is 1. The number of pyridine rings is 1. The Morgan fingerprint density at radius 3 is 2.79 bits per heavy atom. The lowest BCUT2D eigenvalue weighted by atomic mass is 9.98. The van der Waals surface area contributed by atoms with Gasteiger partial charge in [-0.05, 0) is 43.3 Å². The Labute approximate surface area is 197 Å². The summed E-state index contributed by atoms with van der Waals surface area (Å²) in [6.07, 6.45) is 1.46. The number of esters is 1. The summed E-state index contributed by atoms with van der Waals surface area (Å²) in [7, 11) is 1.63. The number of likely N-dealkylation sites (tertiary alicyclic amines) is 1. The molecule has 1 aromatic carbocycles. The molecule has 0 spiro atoms. The number of carbonyl (C=O) groups excluding carboxylic acids is 3. The molecule has 0 N–H and O–H groups in total. The monoisotopic (exact) mass is 465 g/mol. The Bertz CT molecular complexity index is 1160. The van der Waals surface area contributed by atoms with Crippen molar-refractivity contribution < 1.29 is 19.1 Å². The minimum absolute atomic E-state index is 0.0562. The largest absolute Gasteiger partial charge is 0.466 e. The molecule has 1 aliphatic rings. The minimum atomic E-state index is -0.304. The van der Waals surface area contributed by atoms with E-state index in [-0.39, 0.29) is 30.2 Å². The van der Waals surface area contributed by atoms with Crippen molar-refractivity contribution in [1.82, 2.24) is 14.8 Å². The molecule has 1 unspecified atom stereocenters. The summed E-state index contributed by atoms with van der Waals surface area (Å²) < 4.78 is 5.12. The SMILES string of the molecule is CCOC(=O)C1CCCN(C(=O)CN(C)C(=O)c2cc(-c3cccs3)nc3ccccc23)C1. The van der Waals surface area contributed by atoms with E-state index in [0.29, 0.717) is 31.7 Å². The van der Waals surface area contributed by atoms with E-state index in [0.717, 1.165) is 27.9 Å². The molecule has 172 valence electrons. The first-order chi connectivity index (χ1) is 16.0. The van der Waals surface area contributed by atoms with Crippen LogP contribution >= 0.6 is 11.3 Å². The number of benzene rings is 1. The van der Waals surface area contributed by atoms with Crippen LogP contribution in [0.4, 0.5) is 0 Å². The number of carbonyl (C=O) groups is 3. The number of likely N-dealkylation sites (N-methyl/N-ethyl adjacent to an activating group) is 1. The highest BCUT2D eigenvalue weighted by Gasteiger charge is 2.30. The normalized spacial score (nSPS) is 15.9. The molecule has 3 heterocycles. The lowest BCUT2D eigenvalue weighted by molar-refractivity contribution is -0.151. The van der Waals surface area contributed by atoms with Crippen molar-refractivity contribution in [2.24, 2.45) is 5.92 Å². The number of rotatable bonds is 6. The van der Waals surface area contributed by atoms with Crippen molar-refractivity contribution in [1.29, 1.82) is 0 Å². The molecule has 33 heavy (non-hydrogen) atoms. The van der Waals surface area contributed by atoms with E-state index < -0.39 is 0 Å². The first-order valence-corrected chi connectivity index (χ1v) is 12.0. The Morgan fingerprint density at radius 2 is 2.03 bits per heavy atom. The lowest BCUT2D eigenvalue weighted by Crippen LogP contribution is -2.47. The van der Waals surface area contributed by atoms with Crippen molar-refractivity contribution in [3.05, 3.63) is 53.4 Å². The molecule has 0 saturated carbocycles. The molecular formula is C25H27N3O4S. The summed E-state index contributed by atoms with van der Waals surface area (Å²) in [4.78, 5) is 47.3. The fourth-order valence-corrected chi connectivity index (χ4v) is 4.83. The molecule has 0 radical (unpaired) electrons.